The van der Waals surface area contributed by atoms with E-state index in [-0.39, 0.29) is 11.8 Å². The van der Waals surface area contributed by atoms with Crippen molar-refractivity contribution in [3.8, 4) is 6.01 Å². The van der Waals surface area contributed by atoms with E-state index in [0.29, 0.717) is 5.57 Å². The lowest BCUT2D eigenvalue weighted by Crippen LogP contribution is -2.14. The molecule has 5 nitrogen and oxygen atoms in total. The third kappa shape index (κ3) is 3.69. The van der Waals surface area contributed by atoms with Crippen LogP contribution in [0.2, 0.25) is 0 Å². The van der Waals surface area contributed by atoms with E-state index in [1.54, 1.807) is 6.92 Å². The summed E-state index contributed by atoms with van der Waals surface area (Å²) in [5.41, 5.74) is 3.07. The number of hydrogen-bond donors (Lipinski definition) is 0. The molecule has 0 spiro atoms. The number of carbonyl (C=O) groups excluding carboxylic acids is 1. The lowest BCUT2D eigenvalue weighted by atomic mass is 10.1. The van der Waals surface area contributed by atoms with Crippen LogP contribution in [0.1, 0.15) is 23.9 Å². The molecule has 5 heteroatoms. The number of hydrogen-bond acceptors (Lipinski definition) is 5. The van der Waals surface area contributed by atoms with Crippen LogP contribution in [0.5, 0.6) is 6.01 Å². The van der Waals surface area contributed by atoms with Gasteiger partial charge in [0.2, 0.25) is 5.76 Å². The molecule has 0 atom stereocenters. The van der Waals surface area contributed by atoms with E-state index >= 15 is 0 Å². The SMILES string of the molecule is COC(=O)C(Oc1nc(C)cc(C)n1)=C(C)c1ccccc1. The Hall–Kier alpha value is -2.69. The van der Waals surface area contributed by atoms with Crippen LogP contribution in [0.15, 0.2) is 42.2 Å². The molecule has 0 N–H and O–H groups in total. The van der Waals surface area contributed by atoms with Crippen molar-refractivity contribution in [3.63, 3.8) is 0 Å². The van der Waals surface area contributed by atoms with Gasteiger partial charge >= 0.3 is 12.0 Å². The van der Waals surface area contributed by atoms with Gasteiger partial charge in [-0.25, -0.2) is 14.8 Å². The van der Waals surface area contributed by atoms with E-state index in [9.17, 15) is 4.79 Å². The van der Waals surface area contributed by atoms with Crippen molar-refractivity contribution in [2.45, 2.75) is 20.8 Å². The predicted octanol–water partition coefficient (Wildman–Crippen LogP) is 3.08. The Morgan fingerprint density at radius 3 is 2.18 bits per heavy atom. The summed E-state index contributed by atoms with van der Waals surface area (Å²) in [5, 5.41) is 0. The van der Waals surface area contributed by atoms with Gasteiger partial charge in [-0.3, -0.25) is 0 Å². The van der Waals surface area contributed by atoms with Gasteiger partial charge in [0.15, 0.2) is 0 Å². The number of aryl methyl sites for hydroxylation is 2. The molecule has 0 unspecified atom stereocenters. The van der Waals surface area contributed by atoms with Crippen molar-refractivity contribution < 1.29 is 14.3 Å². The Kier molecular flexibility index (Phi) is 4.88. The molecular weight excluding hydrogens is 280 g/mol. The van der Waals surface area contributed by atoms with Crippen molar-refractivity contribution in [1.82, 2.24) is 9.97 Å². The fourth-order valence-electron chi connectivity index (χ4n) is 2.01. The lowest BCUT2D eigenvalue weighted by molar-refractivity contribution is -0.138. The van der Waals surface area contributed by atoms with Crippen LogP contribution in [-0.4, -0.2) is 23.0 Å². The van der Waals surface area contributed by atoms with E-state index in [2.05, 4.69) is 9.97 Å². The van der Waals surface area contributed by atoms with Gasteiger partial charge in [0, 0.05) is 17.0 Å². The average Bonchev–Trinajstić information content (AvgIpc) is 2.51. The minimum absolute atomic E-state index is 0.0821. The summed E-state index contributed by atoms with van der Waals surface area (Å²) >= 11 is 0. The molecule has 2 rings (SSSR count). The quantitative estimate of drug-likeness (QED) is 0.493. The summed E-state index contributed by atoms with van der Waals surface area (Å²) in [6, 6.07) is 11.4. The zero-order valence-electron chi connectivity index (χ0n) is 13.1. The smallest absolute Gasteiger partial charge is 0.374 e. The third-order valence-electron chi connectivity index (χ3n) is 3.07. The number of ether oxygens (including phenoxy) is 2. The molecule has 0 aliphatic heterocycles. The second kappa shape index (κ2) is 6.85. The maximum Gasteiger partial charge on any atom is 0.374 e. The number of allylic oxidation sites excluding steroid dienone is 1. The highest BCUT2D eigenvalue weighted by atomic mass is 16.6. The van der Waals surface area contributed by atoms with Crippen molar-refractivity contribution in [1.29, 1.82) is 0 Å². The van der Waals surface area contributed by atoms with E-state index in [0.717, 1.165) is 17.0 Å². The molecule has 0 radical (unpaired) electrons. The Morgan fingerprint density at radius 2 is 1.64 bits per heavy atom. The summed E-state index contributed by atoms with van der Waals surface area (Å²) in [7, 11) is 1.31. The van der Waals surface area contributed by atoms with Crippen molar-refractivity contribution in [2.75, 3.05) is 7.11 Å². The van der Waals surface area contributed by atoms with Gasteiger partial charge in [0.1, 0.15) is 0 Å². The number of esters is 1. The molecule has 0 saturated carbocycles. The molecule has 0 amide bonds. The number of benzene rings is 1. The predicted molar refractivity (Wildman–Crippen MR) is 83.2 cm³/mol. The fourth-order valence-corrected chi connectivity index (χ4v) is 2.01. The summed E-state index contributed by atoms with van der Waals surface area (Å²) in [6.45, 7) is 5.48. The van der Waals surface area contributed by atoms with E-state index in [1.807, 2.05) is 50.2 Å². The first-order valence-corrected chi connectivity index (χ1v) is 6.86. The molecular formula is C17H18N2O3. The van der Waals surface area contributed by atoms with E-state index < -0.39 is 5.97 Å². The highest BCUT2D eigenvalue weighted by molar-refractivity contribution is 5.95. The van der Waals surface area contributed by atoms with Crippen molar-refractivity contribution in [3.05, 3.63) is 59.1 Å². The second-order valence-corrected chi connectivity index (χ2v) is 4.85. The largest absolute Gasteiger partial charge is 0.463 e. The monoisotopic (exact) mass is 298 g/mol. The minimum Gasteiger partial charge on any atom is -0.463 e. The summed E-state index contributed by atoms with van der Waals surface area (Å²) < 4.78 is 10.4. The zero-order valence-corrected chi connectivity index (χ0v) is 13.1. The van der Waals surface area contributed by atoms with Crippen molar-refractivity contribution >= 4 is 11.5 Å². The molecule has 114 valence electrons. The van der Waals surface area contributed by atoms with Crippen LogP contribution in [-0.2, 0) is 9.53 Å². The molecule has 1 aromatic heterocycles. The van der Waals surface area contributed by atoms with Gasteiger partial charge < -0.3 is 9.47 Å². The van der Waals surface area contributed by atoms with Crippen LogP contribution in [0.4, 0.5) is 0 Å². The summed E-state index contributed by atoms with van der Waals surface area (Å²) in [4.78, 5) is 20.4. The topological polar surface area (TPSA) is 61.3 Å². The van der Waals surface area contributed by atoms with Gasteiger partial charge in [-0.1, -0.05) is 30.3 Å². The second-order valence-electron chi connectivity index (χ2n) is 4.85. The number of rotatable bonds is 4. The summed E-state index contributed by atoms with van der Waals surface area (Å²) in [5.74, 6) is -0.484. The van der Waals surface area contributed by atoms with Crippen LogP contribution >= 0.6 is 0 Å². The molecule has 0 saturated heterocycles. The molecule has 22 heavy (non-hydrogen) atoms. The molecule has 0 fully saturated rings. The van der Waals surface area contributed by atoms with Crippen LogP contribution in [0, 0.1) is 13.8 Å². The maximum atomic E-state index is 12.0. The Bertz CT molecular complexity index is 689. The standard InChI is InChI=1S/C17H18N2O3/c1-11-10-12(2)19-17(18-11)22-15(16(20)21-4)13(3)14-8-6-5-7-9-14/h5-10H,1-4H3. The summed E-state index contributed by atoms with van der Waals surface area (Å²) in [6.07, 6.45) is 0. The highest BCUT2D eigenvalue weighted by Gasteiger charge is 2.19. The van der Waals surface area contributed by atoms with Gasteiger partial charge in [0.05, 0.1) is 7.11 Å². The Balaban J connectivity index is 2.45. The normalized spacial score (nSPS) is 11.6. The van der Waals surface area contributed by atoms with Gasteiger partial charge in [-0.15, -0.1) is 0 Å². The first kappa shape index (κ1) is 15.7. The lowest BCUT2D eigenvalue weighted by Gasteiger charge is -2.11. The number of aromatic nitrogens is 2. The Labute approximate surface area is 129 Å². The van der Waals surface area contributed by atoms with Crippen LogP contribution < -0.4 is 4.74 Å². The molecule has 1 heterocycles. The third-order valence-corrected chi connectivity index (χ3v) is 3.07. The first-order chi connectivity index (χ1) is 10.5. The van der Waals surface area contributed by atoms with Crippen molar-refractivity contribution in [2.24, 2.45) is 0 Å². The van der Waals surface area contributed by atoms with Gasteiger partial charge in [-0.05, 0) is 32.4 Å². The molecule has 2 aromatic rings. The fraction of sp³-hybridized carbons (Fsp3) is 0.235. The van der Waals surface area contributed by atoms with Gasteiger partial charge in [-0.2, -0.15) is 0 Å². The number of methoxy groups -OCH3 is 1. The molecule has 0 aliphatic carbocycles. The number of nitrogens with zero attached hydrogens (tertiary/aromatic N) is 2. The minimum atomic E-state index is -0.566. The van der Waals surface area contributed by atoms with E-state index in [4.69, 9.17) is 9.47 Å². The highest BCUT2D eigenvalue weighted by Crippen LogP contribution is 2.21. The Morgan fingerprint density at radius 1 is 1.05 bits per heavy atom. The molecule has 0 aliphatic rings. The van der Waals surface area contributed by atoms with Gasteiger partial charge in [0.25, 0.3) is 0 Å². The van der Waals surface area contributed by atoms with Crippen LogP contribution in [0.3, 0.4) is 0 Å². The van der Waals surface area contributed by atoms with Crippen LogP contribution in [0.25, 0.3) is 5.57 Å². The maximum absolute atomic E-state index is 12.0. The first-order valence-electron chi connectivity index (χ1n) is 6.86. The molecule has 0 bridgehead atoms. The average molecular weight is 298 g/mol. The van der Waals surface area contributed by atoms with E-state index in [1.165, 1.54) is 7.11 Å². The zero-order chi connectivity index (χ0) is 16.1. The number of carbonyl (C=O) groups is 1. The molecule has 1 aromatic carbocycles.